The summed E-state index contributed by atoms with van der Waals surface area (Å²) in [7, 11) is 0. The lowest BCUT2D eigenvalue weighted by Gasteiger charge is -2.14. The second kappa shape index (κ2) is 10.2. The maximum Gasteiger partial charge on any atom is 0.234 e. The van der Waals surface area contributed by atoms with E-state index in [1.54, 1.807) is 30.3 Å². The highest BCUT2D eigenvalue weighted by molar-refractivity contribution is 9.10. The second-order valence-electron chi connectivity index (χ2n) is 7.89. The SMILES string of the molecule is Cc1ccc(-n2c(SCC(=O)Nc3cc(Cl)ccc3C)nnc2-c2cc(Br)ccc2O)c(C)c1. The molecule has 0 aliphatic rings. The van der Waals surface area contributed by atoms with Gasteiger partial charge in [-0.05, 0) is 68.3 Å². The number of phenolic OH excluding ortho intramolecular Hbond substituents is 1. The van der Waals surface area contributed by atoms with Crippen molar-refractivity contribution in [3.05, 3.63) is 80.8 Å². The van der Waals surface area contributed by atoms with Gasteiger partial charge < -0.3 is 10.4 Å². The smallest absolute Gasteiger partial charge is 0.234 e. The zero-order valence-corrected chi connectivity index (χ0v) is 21.9. The van der Waals surface area contributed by atoms with Crippen LogP contribution >= 0.6 is 39.3 Å². The van der Waals surface area contributed by atoms with Gasteiger partial charge in [0, 0.05) is 15.2 Å². The quantitative estimate of drug-likeness (QED) is 0.258. The number of halogens is 2. The zero-order chi connectivity index (χ0) is 24.4. The average molecular weight is 558 g/mol. The highest BCUT2D eigenvalue weighted by atomic mass is 79.9. The van der Waals surface area contributed by atoms with Crippen LogP contribution in [0.25, 0.3) is 17.1 Å². The molecule has 0 radical (unpaired) electrons. The highest BCUT2D eigenvalue weighted by Gasteiger charge is 2.21. The predicted octanol–water partition coefficient (Wildman–Crippen LogP) is 6.71. The van der Waals surface area contributed by atoms with Crippen molar-refractivity contribution in [3.8, 4) is 22.8 Å². The molecule has 1 aromatic heterocycles. The monoisotopic (exact) mass is 556 g/mol. The normalized spacial score (nSPS) is 11.0. The van der Waals surface area contributed by atoms with Crippen LogP contribution in [0.1, 0.15) is 16.7 Å². The number of rotatable bonds is 6. The molecule has 0 fully saturated rings. The van der Waals surface area contributed by atoms with E-state index in [0.717, 1.165) is 26.9 Å². The van der Waals surface area contributed by atoms with Crippen LogP contribution in [0.2, 0.25) is 5.02 Å². The van der Waals surface area contributed by atoms with E-state index in [4.69, 9.17) is 11.6 Å². The number of anilines is 1. The molecule has 0 saturated carbocycles. The Morgan fingerprint density at radius 3 is 2.62 bits per heavy atom. The second-order valence-corrected chi connectivity index (χ2v) is 10.2. The highest BCUT2D eigenvalue weighted by Crippen LogP contribution is 2.35. The lowest BCUT2D eigenvalue weighted by molar-refractivity contribution is -0.113. The van der Waals surface area contributed by atoms with E-state index in [1.165, 1.54) is 11.8 Å². The van der Waals surface area contributed by atoms with Crippen LogP contribution in [-0.4, -0.2) is 31.5 Å². The molecule has 1 heterocycles. The molecule has 4 rings (SSSR count). The first-order valence-electron chi connectivity index (χ1n) is 10.4. The van der Waals surface area contributed by atoms with Crippen LogP contribution in [0.15, 0.2) is 64.2 Å². The molecule has 0 unspecified atom stereocenters. The lowest BCUT2D eigenvalue weighted by Crippen LogP contribution is -2.15. The van der Waals surface area contributed by atoms with Crippen LogP contribution < -0.4 is 5.32 Å². The zero-order valence-electron chi connectivity index (χ0n) is 18.8. The molecular weight excluding hydrogens is 536 g/mol. The maximum atomic E-state index is 12.7. The van der Waals surface area contributed by atoms with Crippen LogP contribution in [-0.2, 0) is 4.79 Å². The number of aryl methyl sites for hydroxylation is 3. The van der Waals surface area contributed by atoms with Crippen molar-refractivity contribution < 1.29 is 9.90 Å². The number of aromatic nitrogens is 3. The van der Waals surface area contributed by atoms with E-state index in [9.17, 15) is 9.90 Å². The van der Waals surface area contributed by atoms with Gasteiger partial charge in [-0.2, -0.15) is 0 Å². The van der Waals surface area contributed by atoms with Gasteiger partial charge in [0.2, 0.25) is 5.91 Å². The fourth-order valence-electron chi connectivity index (χ4n) is 3.54. The van der Waals surface area contributed by atoms with E-state index in [0.29, 0.717) is 27.3 Å². The van der Waals surface area contributed by atoms with Crippen LogP contribution in [0.5, 0.6) is 5.75 Å². The minimum atomic E-state index is -0.183. The number of carbonyl (C=O) groups excluding carboxylic acids is 1. The predicted molar refractivity (Wildman–Crippen MR) is 141 cm³/mol. The first-order valence-corrected chi connectivity index (χ1v) is 12.6. The third kappa shape index (κ3) is 5.29. The molecular formula is C25H22BrClN4O2S. The van der Waals surface area contributed by atoms with Crippen LogP contribution in [0.3, 0.4) is 0 Å². The van der Waals surface area contributed by atoms with Crippen molar-refractivity contribution in [2.75, 3.05) is 11.1 Å². The Morgan fingerprint density at radius 1 is 1.06 bits per heavy atom. The molecule has 0 aliphatic heterocycles. The number of amides is 1. The lowest BCUT2D eigenvalue weighted by atomic mass is 10.1. The summed E-state index contributed by atoms with van der Waals surface area (Å²) in [6.45, 7) is 5.95. The Balaban J connectivity index is 1.68. The van der Waals surface area contributed by atoms with Crippen LogP contribution in [0.4, 0.5) is 5.69 Å². The van der Waals surface area contributed by atoms with Gasteiger partial charge in [0.1, 0.15) is 5.75 Å². The summed E-state index contributed by atoms with van der Waals surface area (Å²) < 4.78 is 2.68. The van der Waals surface area contributed by atoms with Crippen molar-refractivity contribution in [1.29, 1.82) is 0 Å². The minimum Gasteiger partial charge on any atom is -0.507 e. The Bertz CT molecular complexity index is 1390. The Labute approximate surface area is 215 Å². The number of phenols is 1. The summed E-state index contributed by atoms with van der Waals surface area (Å²) in [5.74, 6) is 0.517. The van der Waals surface area contributed by atoms with E-state index >= 15 is 0 Å². The first kappa shape index (κ1) is 24.3. The minimum absolute atomic E-state index is 0.0901. The van der Waals surface area contributed by atoms with E-state index in [-0.39, 0.29) is 17.4 Å². The van der Waals surface area contributed by atoms with Crippen LogP contribution in [0, 0.1) is 20.8 Å². The molecule has 9 heteroatoms. The average Bonchev–Trinajstić information content (AvgIpc) is 3.20. The number of nitrogens with one attached hydrogen (secondary N) is 1. The number of benzene rings is 3. The Kier molecular flexibility index (Phi) is 7.30. The number of aromatic hydroxyl groups is 1. The third-order valence-electron chi connectivity index (χ3n) is 5.23. The van der Waals surface area contributed by atoms with Gasteiger partial charge in [0.25, 0.3) is 0 Å². The molecule has 174 valence electrons. The van der Waals surface area contributed by atoms with Gasteiger partial charge in [-0.3, -0.25) is 9.36 Å². The maximum absolute atomic E-state index is 12.7. The van der Waals surface area contributed by atoms with Gasteiger partial charge >= 0.3 is 0 Å². The molecule has 1 amide bonds. The van der Waals surface area contributed by atoms with Gasteiger partial charge in [-0.15, -0.1) is 10.2 Å². The number of hydrogen-bond acceptors (Lipinski definition) is 5. The van der Waals surface area contributed by atoms with Gasteiger partial charge in [0.15, 0.2) is 11.0 Å². The fraction of sp³-hybridized carbons (Fsp3) is 0.160. The molecule has 0 bridgehead atoms. The molecule has 34 heavy (non-hydrogen) atoms. The summed E-state index contributed by atoms with van der Waals surface area (Å²) in [5.41, 5.74) is 5.16. The van der Waals surface area contributed by atoms with Gasteiger partial charge in [-0.1, -0.05) is 63.1 Å². The summed E-state index contributed by atoms with van der Waals surface area (Å²) in [6, 6.07) is 16.6. The van der Waals surface area contributed by atoms with Crippen molar-refractivity contribution in [2.45, 2.75) is 25.9 Å². The van der Waals surface area contributed by atoms with E-state index < -0.39 is 0 Å². The van der Waals surface area contributed by atoms with E-state index in [1.807, 2.05) is 43.5 Å². The first-order chi connectivity index (χ1) is 16.2. The molecule has 0 aliphatic carbocycles. The third-order valence-corrected chi connectivity index (χ3v) is 6.89. The summed E-state index contributed by atoms with van der Waals surface area (Å²) in [6.07, 6.45) is 0. The number of carbonyl (C=O) groups is 1. The molecule has 3 aromatic carbocycles. The molecule has 0 atom stereocenters. The molecule has 0 saturated heterocycles. The number of nitrogens with zero attached hydrogens (tertiary/aromatic N) is 3. The van der Waals surface area contributed by atoms with E-state index in [2.05, 4.69) is 37.5 Å². The Morgan fingerprint density at radius 2 is 1.85 bits per heavy atom. The van der Waals surface area contributed by atoms with Crippen molar-refractivity contribution in [1.82, 2.24) is 14.8 Å². The topological polar surface area (TPSA) is 80.0 Å². The summed E-state index contributed by atoms with van der Waals surface area (Å²) in [5, 5.41) is 23.3. The summed E-state index contributed by atoms with van der Waals surface area (Å²) in [4.78, 5) is 12.7. The van der Waals surface area contributed by atoms with Crippen molar-refractivity contribution in [2.24, 2.45) is 0 Å². The molecule has 2 N–H and O–H groups in total. The number of hydrogen-bond donors (Lipinski definition) is 2. The van der Waals surface area contributed by atoms with Gasteiger partial charge in [-0.25, -0.2) is 0 Å². The van der Waals surface area contributed by atoms with Crippen molar-refractivity contribution >= 4 is 50.9 Å². The fourth-order valence-corrected chi connectivity index (χ4v) is 4.82. The molecule has 6 nitrogen and oxygen atoms in total. The Hall–Kier alpha value is -2.81. The standard InChI is InChI=1S/C25H22BrClN4O2S/c1-14-4-8-21(16(3)10-14)31-24(19-11-17(26)6-9-22(19)32)29-30-25(31)34-13-23(33)28-20-12-18(27)7-5-15(20)2/h4-12,32H,13H2,1-3H3,(H,28,33). The number of thioether (sulfide) groups is 1. The van der Waals surface area contributed by atoms with Gasteiger partial charge in [0.05, 0.1) is 17.0 Å². The largest absolute Gasteiger partial charge is 0.507 e. The molecule has 0 spiro atoms. The van der Waals surface area contributed by atoms with Crippen molar-refractivity contribution in [3.63, 3.8) is 0 Å². The summed E-state index contributed by atoms with van der Waals surface area (Å²) >= 11 is 10.8. The molecule has 4 aromatic rings.